The van der Waals surface area contributed by atoms with Crippen molar-refractivity contribution in [2.45, 2.75) is 19.6 Å². The van der Waals surface area contributed by atoms with Crippen LogP contribution in [0.4, 0.5) is 0 Å². The van der Waals surface area contributed by atoms with Crippen molar-refractivity contribution < 1.29 is 14.3 Å². The van der Waals surface area contributed by atoms with Crippen LogP contribution in [0.15, 0.2) is 103 Å². The van der Waals surface area contributed by atoms with Gasteiger partial charge in [0.1, 0.15) is 12.4 Å². The summed E-state index contributed by atoms with van der Waals surface area (Å²) in [7, 11) is 1.33. The summed E-state index contributed by atoms with van der Waals surface area (Å²) in [4.78, 5) is 31.6. The maximum absolute atomic E-state index is 13.7. The molecule has 5 rings (SSSR count). The number of thiazole rings is 1. The number of allylic oxidation sites excluding steroid dienone is 1. The summed E-state index contributed by atoms with van der Waals surface area (Å²) in [5, 5.41) is 0. The summed E-state index contributed by atoms with van der Waals surface area (Å²) in [5.74, 6) is 0.170. The molecule has 0 saturated heterocycles. The van der Waals surface area contributed by atoms with E-state index in [0.717, 1.165) is 25.6 Å². The Bertz CT molecular complexity index is 1700. The Labute approximate surface area is 239 Å². The fraction of sp³-hybridized carbons (Fsp3) is 0.138. The quantitative estimate of drug-likeness (QED) is 0.257. The predicted molar refractivity (Wildman–Crippen MR) is 155 cm³/mol. The van der Waals surface area contributed by atoms with Gasteiger partial charge in [-0.1, -0.05) is 72.0 Å². The van der Waals surface area contributed by atoms with Crippen LogP contribution in [0.1, 0.15) is 29.7 Å². The molecule has 0 spiro atoms. The Morgan fingerprint density at radius 1 is 1.05 bits per heavy atom. The monoisotopic (exact) mass is 652 g/mol. The van der Waals surface area contributed by atoms with Gasteiger partial charge in [-0.25, -0.2) is 9.79 Å². The van der Waals surface area contributed by atoms with Crippen LogP contribution in [-0.2, 0) is 16.1 Å². The molecule has 0 aliphatic carbocycles. The predicted octanol–water partition coefficient (Wildman–Crippen LogP) is 5.51. The van der Waals surface area contributed by atoms with Gasteiger partial charge in [0.15, 0.2) is 4.80 Å². The maximum Gasteiger partial charge on any atom is 0.338 e. The molecule has 6 nitrogen and oxygen atoms in total. The fourth-order valence-electron chi connectivity index (χ4n) is 4.33. The second kappa shape index (κ2) is 11.2. The molecule has 0 N–H and O–H groups in total. The van der Waals surface area contributed by atoms with Gasteiger partial charge in [0.05, 0.1) is 37.9 Å². The number of halogens is 2. The second-order valence-corrected chi connectivity index (χ2v) is 11.3. The molecule has 4 aromatic rings. The normalized spacial score (nSPS) is 15.2. The molecular weight excluding hydrogens is 632 g/mol. The number of hydrogen-bond donors (Lipinski definition) is 0. The van der Waals surface area contributed by atoms with Crippen LogP contribution in [0.2, 0.25) is 0 Å². The summed E-state index contributed by atoms with van der Waals surface area (Å²) in [6.45, 7) is 2.19. The molecule has 9 heteroatoms. The molecule has 0 amide bonds. The molecule has 192 valence electrons. The highest BCUT2D eigenvalue weighted by Gasteiger charge is 2.32. The minimum Gasteiger partial charge on any atom is -0.487 e. The average molecular weight is 654 g/mol. The number of benzene rings is 3. The van der Waals surface area contributed by atoms with Crippen LogP contribution in [0.25, 0.3) is 6.08 Å². The van der Waals surface area contributed by atoms with E-state index in [9.17, 15) is 9.59 Å². The van der Waals surface area contributed by atoms with E-state index in [0.29, 0.717) is 33.0 Å². The average Bonchev–Trinajstić information content (AvgIpc) is 3.22. The first-order valence-electron chi connectivity index (χ1n) is 11.7. The lowest BCUT2D eigenvalue weighted by Gasteiger charge is -2.24. The van der Waals surface area contributed by atoms with Gasteiger partial charge in [-0.2, -0.15) is 0 Å². The molecule has 1 aromatic heterocycles. The number of ether oxygens (including phenoxy) is 2. The number of rotatable bonds is 6. The van der Waals surface area contributed by atoms with Crippen molar-refractivity contribution in [2.24, 2.45) is 4.99 Å². The van der Waals surface area contributed by atoms with Crippen LogP contribution in [-0.4, -0.2) is 17.6 Å². The zero-order valence-electron chi connectivity index (χ0n) is 20.5. The number of hydrogen-bond acceptors (Lipinski definition) is 6. The first-order chi connectivity index (χ1) is 18.4. The Kier molecular flexibility index (Phi) is 7.78. The van der Waals surface area contributed by atoms with Crippen LogP contribution in [0.5, 0.6) is 5.75 Å². The zero-order valence-corrected chi connectivity index (χ0v) is 24.5. The number of aromatic nitrogens is 1. The summed E-state index contributed by atoms with van der Waals surface area (Å²) in [5.41, 5.74) is 3.33. The van der Waals surface area contributed by atoms with Crippen molar-refractivity contribution >= 4 is 55.2 Å². The van der Waals surface area contributed by atoms with Crippen LogP contribution < -0.4 is 19.6 Å². The lowest BCUT2D eigenvalue weighted by Crippen LogP contribution is -2.39. The lowest BCUT2D eigenvalue weighted by atomic mass is 9.96. The SMILES string of the molecule is COC(=O)C1=C(C)N=c2s/c(=C\c3cc(Br)c(OCc4ccccc4)c(Br)c3)c(=O)n2[C@@H]1c1ccccc1. The first-order valence-corrected chi connectivity index (χ1v) is 14.1. The van der Waals surface area contributed by atoms with Crippen molar-refractivity contribution in [1.29, 1.82) is 0 Å². The molecule has 0 fully saturated rings. The van der Waals surface area contributed by atoms with Crippen LogP contribution in [0.3, 0.4) is 0 Å². The van der Waals surface area contributed by atoms with Gasteiger partial charge in [0, 0.05) is 0 Å². The van der Waals surface area contributed by atoms with Gasteiger partial charge in [-0.3, -0.25) is 9.36 Å². The first kappa shape index (κ1) is 26.3. The van der Waals surface area contributed by atoms with Gasteiger partial charge in [0.2, 0.25) is 0 Å². The van der Waals surface area contributed by atoms with E-state index >= 15 is 0 Å². The van der Waals surface area contributed by atoms with E-state index in [2.05, 4.69) is 36.9 Å². The van der Waals surface area contributed by atoms with Crippen molar-refractivity contribution in [2.75, 3.05) is 7.11 Å². The maximum atomic E-state index is 13.7. The van der Waals surface area contributed by atoms with Gasteiger partial charge in [0.25, 0.3) is 5.56 Å². The highest BCUT2D eigenvalue weighted by molar-refractivity contribution is 9.11. The summed E-state index contributed by atoms with van der Waals surface area (Å²) in [6, 6.07) is 22.5. The number of fused-ring (bicyclic) bond motifs is 1. The Balaban J connectivity index is 1.56. The molecule has 1 aliphatic heterocycles. The smallest absolute Gasteiger partial charge is 0.338 e. The van der Waals surface area contributed by atoms with E-state index in [4.69, 9.17) is 9.47 Å². The Morgan fingerprint density at radius 2 is 1.68 bits per heavy atom. The van der Waals surface area contributed by atoms with E-state index < -0.39 is 12.0 Å². The molecule has 38 heavy (non-hydrogen) atoms. The van der Waals surface area contributed by atoms with Gasteiger partial charge in [-0.15, -0.1) is 0 Å². The third-order valence-electron chi connectivity index (χ3n) is 6.09. The molecule has 0 bridgehead atoms. The van der Waals surface area contributed by atoms with Gasteiger partial charge >= 0.3 is 5.97 Å². The number of methoxy groups -OCH3 is 1. The molecule has 2 heterocycles. The van der Waals surface area contributed by atoms with Crippen molar-refractivity contribution in [1.82, 2.24) is 4.57 Å². The van der Waals surface area contributed by atoms with Crippen molar-refractivity contribution in [3.05, 3.63) is 129 Å². The fourth-order valence-corrected chi connectivity index (χ4v) is 6.82. The topological polar surface area (TPSA) is 69.9 Å². The van der Waals surface area contributed by atoms with Crippen LogP contribution in [0, 0.1) is 0 Å². The van der Waals surface area contributed by atoms with E-state index in [1.54, 1.807) is 11.5 Å². The molecule has 0 saturated carbocycles. The Morgan fingerprint density at radius 3 is 2.32 bits per heavy atom. The Hall–Kier alpha value is -3.27. The summed E-state index contributed by atoms with van der Waals surface area (Å²) < 4.78 is 14.7. The number of esters is 1. The molecule has 3 aromatic carbocycles. The van der Waals surface area contributed by atoms with Crippen molar-refractivity contribution in [3.63, 3.8) is 0 Å². The highest BCUT2D eigenvalue weighted by Crippen LogP contribution is 2.36. The van der Waals surface area contributed by atoms with E-state index in [-0.39, 0.29) is 5.56 Å². The highest BCUT2D eigenvalue weighted by atomic mass is 79.9. The van der Waals surface area contributed by atoms with E-state index in [1.807, 2.05) is 78.9 Å². The molecule has 1 atom stereocenters. The number of carbonyl (C=O) groups is 1. The van der Waals surface area contributed by atoms with Crippen LogP contribution >= 0.6 is 43.2 Å². The van der Waals surface area contributed by atoms with Gasteiger partial charge < -0.3 is 9.47 Å². The molecule has 0 unspecified atom stereocenters. The number of nitrogens with zero attached hydrogens (tertiary/aromatic N) is 2. The largest absolute Gasteiger partial charge is 0.487 e. The third-order valence-corrected chi connectivity index (χ3v) is 8.25. The second-order valence-electron chi connectivity index (χ2n) is 8.57. The standard InChI is InChI=1S/C29H22Br2N2O4S/c1-17-24(28(35)36-2)25(20-11-7-4-8-12-20)33-27(34)23(38-29(33)32-17)15-19-13-21(30)26(22(31)14-19)37-16-18-9-5-3-6-10-18/h3-15,25H,16H2,1-2H3/b23-15-/t25-/m1/s1. The van der Waals surface area contributed by atoms with E-state index in [1.165, 1.54) is 18.4 Å². The number of carbonyl (C=O) groups excluding carboxylic acids is 1. The van der Waals surface area contributed by atoms with Crippen molar-refractivity contribution in [3.8, 4) is 5.75 Å². The van der Waals surface area contributed by atoms with Gasteiger partial charge in [-0.05, 0) is 73.7 Å². The lowest BCUT2D eigenvalue weighted by molar-refractivity contribution is -0.136. The molecule has 1 aliphatic rings. The summed E-state index contributed by atoms with van der Waals surface area (Å²) in [6.07, 6.45) is 1.82. The minimum absolute atomic E-state index is 0.229. The molecule has 0 radical (unpaired) electrons. The summed E-state index contributed by atoms with van der Waals surface area (Å²) >= 11 is 8.50. The minimum atomic E-state index is -0.630. The zero-order chi connectivity index (χ0) is 26.8. The molecular formula is C29H22Br2N2O4S. The third kappa shape index (κ3) is 5.18.